The third-order valence-electron chi connectivity index (χ3n) is 3.08. The van der Waals surface area contributed by atoms with E-state index in [1.165, 1.54) is 0 Å². The molecule has 1 aromatic carbocycles. The molecule has 0 unspecified atom stereocenters. The first kappa shape index (κ1) is 28.0. The molecular weight excluding hydrogens is 489 g/mol. The van der Waals surface area contributed by atoms with Gasteiger partial charge in [-0.25, -0.2) is 0 Å². The van der Waals surface area contributed by atoms with Crippen molar-refractivity contribution in [3.8, 4) is 5.75 Å². The zero-order chi connectivity index (χ0) is 21.9. The number of nitrogens with zero attached hydrogens (tertiary/aromatic N) is 4. The fourth-order valence-electron chi connectivity index (χ4n) is 1.88. The van der Waals surface area contributed by atoms with Crippen molar-refractivity contribution in [2.45, 2.75) is 26.9 Å². The zero-order valence-corrected chi connectivity index (χ0v) is 19.0. The summed E-state index contributed by atoms with van der Waals surface area (Å²) in [5.41, 5.74) is 1.21. The van der Waals surface area contributed by atoms with Crippen LogP contribution in [0, 0.1) is 0 Å². The first-order chi connectivity index (χ1) is 13.7. The maximum atomic E-state index is 12.3. The molecule has 13 heteroatoms. The molecule has 0 fully saturated rings. The van der Waals surface area contributed by atoms with Gasteiger partial charge in [0.05, 0.1) is 12.3 Å². The van der Waals surface area contributed by atoms with Gasteiger partial charge >= 0.3 is 23.2 Å². The van der Waals surface area contributed by atoms with Crippen LogP contribution in [0.15, 0.2) is 44.7 Å². The summed E-state index contributed by atoms with van der Waals surface area (Å²) in [6.45, 7) is 5.14. The SMILES string of the molecule is CCNC([S-])=NN=C(C)C(=NN=C([S-])NCC(F)(F)F)c1ccc(OCC)cc1.[Cu+2]. The zero-order valence-electron chi connectivity index (χ0n) is 16.4. The molecule has 0 aliphatic rings. The molecule has 0 amide bonds. The maximum Gasteiger partial charge on any atom is 2.00 e. The second kappa shape index (κ2) is 14.1. The van der Waals surface area contributed by atoms with Gasteiger partial charge in [0.2, 0.25) is 0 Å². The van der Waals surface area contributed by atoms with Gasteiger partial charge in [-0.1, -0.05) is 0 Å². The normalized spacial score (nSPS) is 13.5. The second-order valence-corrected chi connectivity index (χ2v) is 6.17. The fraction of sp³-hybridized carbons (Fsp3) is 0.412. The average molecular weight is 510 g/mol. The minimum Gasteiger partial charge on any atom is -0.741 e. The summed E-state index contributed by atoms with van der Waals surface area (Å²) in [7, 11) is 0. The van der Waals surface area contributed by atoms with Crippen LogP contribution >= 0.6 is 0 Å². The van der Waals surface area contributed by atoms with Crippen molar-refractivity contribution in [2.75, 3.05) is 19.7 Å². The van der Waals surface area contributed by atoms with Gasteiger partial charge in [-0.2, -0.15) is 28.5 Å². The predicted molar refractivity (Wildman–Crippen MR) is 115 cm³/mol. The minimum absolute atomic E-state index is 0. The Balaban J connectivity index is 0.00000841. The van der Waals surface area contributed by atoms with E-state index in [1.807, 2.05) is 19.2 Å². The van der Waals surface area contributed by atoms with Crippen LogP contribution in [0.4, 0.5) is 13.2 Å². The summed E-state index contributed by atoms with van der Waals surface area (Å²) in [4.78, 5) is 0. The van der Waals surface area contributed by atoms with Crippen LogP contribution in [0.3, 0.4) is 0 Å². The van der Waals surface area contributed by atoms with Gasteiger partial charge < -0.3 is 40.6 Å². The van der Waals surface area contributed by atoms with E-state index in [1.54, 1.807) is 31.2 Å². The molecule has 1 radical (unpaired) electrons. The molecule has 1 aromatic rings. The third kappa shape index (κ3) is 11.3. The molecule has 2 N–H and O–H groups in total. The fourth-order valence-corrected chi connectivity index (χ4v) is 2.17. The van der Waals surface area contributed by atoms with Crippen LogP contribution in [-0.2, 0) is 42.3 Å². The number of rotatable bonds is 8. The van der Waals surface area contributed by atoms with Gasteiger partial charge in [-0.15, -0.1) is 5.10 Å². The molecule has 0 aliphatic heterocycles. The van der Waals surface area contributed by atoms with Crippen LogP contribution in [0.25, 0.3) is 0 Å². The Hall–Kier alpha value is -1.95. The minimum atomic E-state index is -4.42. The van der Waals surface area contributed by atoms with E-state index >= 15 is 0 Å². The number of hydrogen-bond donors (Lipinski definition) is 2. The van der Waals surface area contributed by atoms with E-state index in [9.17, 15) is 13.2 Å². The van der Waals surface area contributed by atoms with Crippen molar-refractivity contribution in [3.05, 3.63) is 29.8 Å². The van der Waals surface area contributed by atoms with Crippen molar-refractivity contribution in [2.24, 2.45) is 20.4 Å². The van der Waals surface area contributed by atoms with E-state index in [0.29, 0.717) is 30.2 Å². The van der Waals surface area contributed by atoms with Crippen molar-refractivity contribution < 1.29 is 35.0 Å². The topological polar surface area (TPSA) is 82.7 Å². The van der Waals surface area contributed by atoms with Gasteiger partial charge in [0.1, 0.15) is 18.0 Å². The molecule has 0 atom stereocenters. The van der Waals surface area contributed by atoms with Gasteiger partial charge in [0, 0.05) is 12.1 Å². The Kier molecular flexibility index (Phi) is 13.2. The Bertz CT molecular complexity index is 783. The molecule has 0 aliphatic carbocycles. The number of amidine groups is 2. The molecule has 0 heterocycles. The van der Waals surface area contributed by atoms with E-state index in [0.717, 1.165) is 0 Å². The molecule has 0 bridgehead atoms. The van der Waals surface area contributed by atoms with Gasteiger partial charge in [0.15, 0.2) is 0 Å². The summed E-state index contributed by atoms with van der Waals surface area (Å²) >= 11 is 9.77. The molecule has 0 saturated heterocycles. The number of ether oxygens (including phenoxy) is 1. The summed E-state index contributed by atoms with van der Waals surface area (Å²) < 4.78 is 42.3. The van der Waals surface area contributed by atoms with Crippen LogP contribution in [0.5, 0.6) is 5.75 Å². The Morgan fingerprint density at radius 1 is 0.967 bits per heavy atom. The molecule has 0 spiro atoms. The van der Waals surface area contributed by atoms with E-state index in [-0.39, 0.29) is 27.9 Å². The standard InChI is InChI=1S/C17H23F3N6OS2.Cu/c1-4-21-15(28)25-23-11(3)14(12-6-8-13(9-7-12)27-5-2)24-26-16(29)22-10-17(18,19)20;/h6-9H,4-5,10H2,1-3H3,(H2,21,25,28)(H2,22,26,29);/q;+2/p-2. The number of halogens is 3. The molecular formula is C17H21CuF3N6OS2. The summed E-state index contributed by atoms with van der Waals surface area (Å²) in [6.07, 6.45) is -4.42. The molecule has 30 heavy (non-hydrogen) atoms. The number of hydrogen-bond acceptors (Lipinski definition) is 7. The van der Waals surface area contributed by atoms with Crippen molar-refractivity contribution in [1.82, 2.24) is 10.6 Å². The number of alkyl halides is 3. The molecule has 169 valence electrons. The summed E-state index contributed by atoms with van der Waals surface area (Å²) in [6, 6.07) is 6.88. The molecule has 0 aromatic heterocycles. The van der Waals surface area contributed by atoms with Crippen molar-refractivity contribution >= 4 is 47.0 Å². The van der Waals surface area contributed by atoms with Crippen LogP contribution < -0.4 is 15.4 Å². The third-order valence-corrected chi connectivity index (χ3v) is 3.53. The predicted octanol–water partition coefficient (Wildman–Crippen LogP) is 2.73. The first-order valence-corrected chi connectivity index (χ1v) is 9.38. The van der Waals surface area contributed by atoms with Gasteiger partial charge in [-0.3, -0.25) is 0 Å². The van der Waals surface area contributed by atoms with Crippen LogP contribution in [0.2, 0.25) is 0 Å². The monoisotopic (exact) mass is 509 g/mol. The van der Waals surface area contributed by atoms with E-state index < -0.39 is 17.9 Å². The van der Waals surface area contributed by atoms with Gasteiger partial charge in [0.25, 0.3) is 0 Å². The molecule has 7 nitrogen and oxygen atoms in total. The Morgan fingerprint density at radius 2 is 1.53 bits per heavy atom. The molecule has 1 rings (SSSR count). The number of nitrogens with one attached hydrogen (secondary N) is 2. The Morgan fingerprint density at radius 3 is 2.07 bits per heavy atom. The smallest absolute Gasteiger partial charge is 0.741 e. The van der Waals surface area contributed by atoms with E-state index in [4.69, 9.17) is 30.0 Å². The first-order valence-electron chi connectivity index (χ1n) is 8.56. The van der Waals surface area contributed by atoms with Gasteiger partial charge in [-0.05, 0) is 55.4 Å². The Labute approximate surface area is 195 Å². The summed E-state index contributed by atoms with van der Waals surface area (Å²) in [5.74, 6) is 0.655. The molecule has 0 saturated carbocycles. The number of benzene rings is 1. The van der Waals surface area contributed by atoms with Crippen molar-refractivity contribution in [3.63, 3.8) is 0 Å². The van der Waals surface area contributed by atoms with E-state index in [2.05, 4.69) is 25.7 Å². The average Bonchev–Trinajstić information content (AvgIpc) is 2.66. The second-order valence-electron chi connectivity index (χ2n) is 5.40. The quantitative estimate of drug-likeness (QED) is 0.185. The van der Waals surface area contributed by atoms with Crippen molar-refractivity contribution in [1.29, 1.82) is 0 Å². The maximum absolute atomic E-state index is 12.3. The largest absolute Gasteiger partial charge is 2.00 e. The summed E-state index contributed by atoms with van der Waals surface area (Å²) in [5, 5.41) is 20.1. The van der Waals surface area contributed by atoms with Crippen LogP contribution in [-0.4, -0.2) is 47.6 Å². The van der Waals surface area contributed by atoms with Crippen LogP contribution in [0.1, 0.15) is 26.3 Å².